The Balaban J connectivity index is 2.12. The van der Waals surface area contributed by atoms with Crippen LogP contribution in [0.3, 0.4) is 0 Å². The zero-order valence-electron chi connectivity index (χ0n) is 12.3. The summed E-state index contributed by atoms with van der Waals surface area (Å²) in [6.07, 6.45) is 1.49. The number of rotatable bonds is 6. The van der Waals surface area contributed by atoms with Gasteiger partial charge >= 0.3 is 5.97 Å². The number of thiazole rings is 1. The molecule has 0 atom stereocenters. The lowest BCUT2D eigenvalue weighted by Crippen LogP contribution is -2.15. The number of aromatic nitrogens is 1. The second-order valence-electron chi connectivity index (χ2n) is 4.14. The molecule has 0 amide bonds. The highest BCUT2D eigenvalue weighted by molar-refractivity contribution is 7.93. The Bertz CT molecular complexity index is 883. The largest absolute Gasteiger partial charge is 0.464 e. The molecule has 0 bridgehead atoms. The summed E-state index contributed by atoms with van der Waals surface area (Å²) in [5.41, 5.74) is 2.40. The van der Waals surface area contributed by atoms with Gasteiger partial charge in [-0.2, -0.15) is 10.4 Å². The summed E-state index contributed by atoms with van der Waals surface area (Å²) < 4.78 is 31.0. The van der Waals surface area contributed by atoms with E-state index in [1.165, 1.54) is 30.5 Å². The lowest BCUT2D eigenvalue weighted by Gasteiger charge is -2.06. The van der Waals surface area contributed by atoms with Gasteiger partial charge in [-0.15, -0.1) is 11.3 Å². The first-order valence-corrected chi connectivity index (χ1v) is 8.67. The van der Waals surface area contributed by atoms with Crippen molar-refractivity contribution < 1.29 is 17.9 Å². The number of anilines is 2. The number of nitrogens with one attached hydrogen (secondary N) is 2. The van der Waals surface area contributed by atoms with E-state index >= 15 is 0 Å². The van der Waals surface area contributed by atoms with Crippen molar-refractivity contribution in [2.24, 2.45) is 5.10 Å². The van der Waals surface area contributed by atoms with Gasteiger partial charge < -0.3 is 4.74 Å². The van der Waals surface area contributed by atoms with Crippen LogP contribution in [0.1, 0.15) is 0 Å². The second-order valence-corrected chi connectivity index (χ2v) is 6.72. The van der Waals surface area contributed by atoms with Crippen molar-refractivity contribution in [1.82, 2.24) is 4.98 Å². The third kappa shape index (κ3) is 4.28. The number of hydrazone groups is 1. The Labute approximate surface area is 141 Å². The molecule has 9 nitrogen and oxygen atoms in total. The molecule has 2 aromatic rings. The number of ether oxygens (including phenoxy) is 1. The van der Waals surface area contributed by atoms with Crippen LogP contribution in [0.5, 0.6) is 0 Å². The van der Waals surface area contributed by atoms with Crippen molar-refractivity contribution in [2.75, 3.05) is 17.3 Å². The third-order valence-electron chi connectivity index (χ3n) is 2.60. The van der Waals surface area contributed by atoms with Gasteiger partial charge in [0.15, 0.2) is 5.13 Å². The van der Waals surface area contributed by atoms with E-state index < -0.39 is 21.7 Å². The van der Waals surface area contributed by atoms with Gasteiger partial charge in [-0.25, -0.2) is 18.2 Å². The van der Waals surface area contributed by atoms with Crippen LogP contribution in [0.15, 0.2) is 45.8 Å². The SMILES string of the molecule is COC(=O)C(C#N)=NNc1ccc(S(=O)(=O)Nc2nccs2)cc1. The summed E-state index contributed by atoms with van der Waals surface area (Å²) in [5.74, 6) is -0.878. The maximum atomic E-state index is 12.2. The van der Waals surface area contributed by atoms with Crippen LogP contribution in [-0.4, -0.2) is 32.2 Å². The van der Waals surface area contributed by atoms with Gasteiger partial charge in [-0.3, -0.25) is 10.1 Å². The molecule has 2 rings (SSSR count). The van der Waals surface area contributed by atoms with E-state index in [-0.39, 0.29) is 10.0 Å². The van der Waals surface area contributed by atoms with Crippen LogP contribution in [0, 0.1) is 11.3 Å². The average molecular weight is 365 g/mol. The number of sulfonamides is 1. The van der Waals surface area contributed by atoms with Gasteiger partial charge in [0.25, 0.3) is 10.0 Å². The molecule has 1 heterocycles. The van der Waals surface area contributed by atoms with E-state index in [2.05, 4.69) is 25.0 Å². The Hall–Kier alpha value is -2.97. The molecule has 1 aromatic heterocycles. The van der Waals surface area contributed by atoms with Crippen LogP contribution in [0.2, 0.25) is 0 Å². The Morgan fingerprint density at radius 3 is 2.62 bits per heavy atom. The maximum Gasteiger partial charge on any atom is 0.369 e. The molecular formula is C13H11N5O4S2. The van der Waals surface area contributed by atoms with Crippen LogP contribution in [0.25, 0.3) is 0 Å². The topological polar surface area (TPSA) is 134 Å². The van der Waals surface area contributed by atoms with Crippen molar-refractivity contribution in [3.05, 3.63) is 35.8 Å². The molecule has 0 aliphatic carbocycles. The number of methoxy groups -OCH3 is 1. The van der Waals surface area contributed by atoms with E-state index in [0.717, 1.165) is 18.4 Å². The van der Waals surface area contributed by atoms with E-state index in [4.69, 9.17) is 5.26 Å². The lowest BCUT2D eigenvalue weighted by molar-refractivity contribution is -0.132. The number of esters is 1. The smallest absolute Gasteiger partial charge is 0.369 e. The van der Waals surface area contributed by atoms with Crippen molar-refractivity contribution in [1.29, 1.82) is 5.26 Å². The number of hydrogen-bond donors (Lipinski definition) is 2. The van der Waals surface area contributed by atoms with E-state index in [9.17, 15) is 13.2 Å². The average Bonchev–Trinajstić information content (AvgIpc) is 3.07. The number of nitriles is 1. The molecule has 1 aromatic carbocycles. The fraction of sp³-hybridized carbons (Fsp3) is 0.0769. The molecule has 124 valence electrons. The standard InChI is InChI=1S/C13H11N5O4S2/c1-22-12(19)11(8-14)17-16-9-2-4-10(5-3-9)24(20,21)18-13-15-6-7-23-13/h2-7,16H,1H3,(H,15,18). The molecule has 0 aliphatic heterocycles. The van der Waals surface area contributed by atoms with Gasteiger partial charge in [0, 0.05) is 11.6 Å². The fourth-order valence-corrected chi connectivity index (χ4v) is 3.28. The number of hydrogen-bond acceptors (Lipinski definition) is 9. The van der Waals surface area contributed by atoms with Crippen molar-refractivity contribution in [3.63, 3.8) is 0 Å². The summed E-state index contributed by atoms with van der Waals surface area (Å²) in [4.78, 5) is 15.1. The minimum absolute atomic E-state index is 0.0284. The van der Waals surface area contributed by atoms with Crippen molar-refractivity contribution in [3.8, 4) is 6.07 Å². The molecule has 0 saturated heterocycles. The number of carbonyl (C=O) groups is 1. The summed E-state index contributed by atoms with van der Waals surface area (Å²) in [6, 6.07) is 7.15. The van der Waals surface area contributed by atoms with Crippen molar-refractivity contribution >= 4 is 43.9 Å². The van der Waals surface area contributed by atoms with Crippen LogP contribution in [0.4, 0.5) is 10.8 Å². The molecule has 0 radical (unpaired) electrons. The molecular weight excluding hydrogens is 354 g/mol. The molecule has 0 aliphatic rings. The summed E-state index contributed by atoms with van der Waals surface area (Å²) in [5, 5.41) is 14.3. The molecule has 11 heteroatoms. The molecule has 0 unspecified atom stereocenters. The third-order valence-corrected chi connectivity index (χ3v) is 4.77. The van der Waals surface area contributed by atoms with Gasteiger partial charge in [-0.1, -0.05) is 0 Å². The molecule has 0 spiro atoms. The first kappa shape index (κ1) is 17.4. The molecule has 24 heavy (non-hydrogen) atoms. The predicted molar refractivity (Wildman–Crippen MR) is 88.1 cm³/mol. The van der Waals surface area contributed by atoms with Crippen molar-refractivity contribution in [2.45, 2.75) is 4.90 Å². The van der Waals surface area contributed by atoms with E-state index in [1.807, 2.05) is 0 Å². The fourth-order valence-electron chi connectivity index (χ4n) is 1.49. The van der Waals surface area contributed by atoms with Crippen LogP contribution >= 0.6 is 11.3 Å². The Kier molecular flexibility index (Phi) is 5.46. The molecule has 0 fully saturated rings. The van der Waals surface area contributed by atoms with E-state index in [1.54, 1.807) is 11.4 Å². The number of carbonyl (C=O) groups excluding carboxylic acids is 1. The summed E-state index contributed by atoms with van der Waals surface area (Å²) >= 11 is 1.16. The van der Waals surface area contributed by atoms with Gasteiger partial charge in [0.1, 0.15) is 6.07 Å². The second kappa shape index (κ2) is 7.53. The van der Waals surface area contributed by atoms with Gasteiger partial charge in [0.2, 0.25) is 5.71 Å². The Morgan fingerprint density at radius 1 is 1.38 bits per heavy atom. The van der Waals surface area contributed by atoms with Crippen LogP contribution in [-0.2, 0) is 19.6 Å². The highest BCUT2D eigenvalue weighted by Gasteiger charge is 2.15. The summed E-state index contributed by atoms with van der Waals surface area (Å²) in [6.45, 7) is 0. The summed E-state index contributed by atoms with van der Waals surface area (Å²) in [7, 11) is -2.62. The zero-order chi connectivity index (χ0) is 17.6. The predicted octanol–water partition coefficient (Wildman–Crippen LogP) is 1.41. The highest BCUT2D eigenvalue weighted by atomic mass is 32.2. The minimum atomic E-state index is -3.75. The number of nitrogens with zero attached hydrogens (tertiary/aromatic N) is 3. The maximum absolute atomic E-state index is 12.2. The first-order chi connectivity index (χ1) is 11.5. The molecule has 0 saturated carbocycles. The quantitative estimate of drug-likeness (QED) is 0.449. The normalized spacial score (nSPS) is 11.4. The lowest BCUT2D eigenvalue weighted by atomic mass is 10.3. The number of benzene rings is 1. The first-order valence-electron chi connectivity index (χ1n) is 6.31. The van der Waals surface area contributed by atoms with Crippen LogP contribution < -0.4 is 10.1 Å². The molecule has 2 N–H and O–H groups in total. The van der Waals surface area contributed by atoms with Gasteiger partial charge in [-0.05, 0) is 24.3 Å². The van der Waals surface area contributed by atoms with E-state index in [0.29, 0.717) is 5.69 Å². The zero-order valence-corrected chi connectivity index (χ0v) is 13.9. The monoisotopic (exact) mass is 365 g/mol. The highest BCUT2D eigenvalue weighted by Crippen LogP contribution is 2.19. The van der Waals surface area contributed by atoms with Gasteiger partial charge in [0.05, 0.1) is 17.7 Å². The minimum Gasteiger partial charge on any atom is -0.464 e. The Morgan fingerprint density at radius 2 is 2.08 bits per heavy atom.